The van der Waals surface area contributed by atoms with Crippen LogP contribution in [0.1, 0.15) is 24.2 Å². The predicted molar refractivity (Wildman–Crippen MR) is 80.2 cm³/mol. The van der Waals surface area contributed by atoms with E-state index in [0.29, 0.717) is 6.04 Å². The van der Waals surface area contributed by atoms with E-state index < -0.39 is 0 Å². The normalized spacial score (nSPS) is 17.9. The van der Waals surface area contributed by atoms with Crippen LogP contribution in [-0.2, 0) is 19.6 Å². The molecular weight excluding hydrogens is 288 g/mol. The largest absolute Gasteiger partial charge is 0.347 e. The Kier molecular flexibility index (Phi) is 3.27. The summed E-state index contributed by atoms with van der Waals surface area (Å²) >= 11 is 6.26. The van der Waals surface area contributed by atoms with Crippen LogP contribution in [0.25, 0.3) is 0 Å². The van der Waals surface area contributed by atoms with Gasteiger partial charge in [0, 0.05) is 31.9 Å². The van der Waals surface area contributed by atoms with Crippen LogP contribution < -0.4 is 10.2 Å². The second-order valence-corrected chi connectivity index (χ2v) is 6.06. The summed E-state index contributed by atoms with van der Waals surface area (Å²) in [5.41, 5.74) is 1.11. The van der Waals surface area contributed by atoms with E-state index in [1.165, 1.54) is 12.8 Å². The van der Waals surface area contributed by atoms with Crippen molar-refractivity contribution in [3.8, 4) is 0 Å². The Bertz CT molecular complexity index is 651. The van der Waals surface area contributed by atoms with Gasteiger partial charge in [0.15, 0.2) is 5.82 Å². The summed E-state index contributed by atoms with van der Waals surface area (Å²) in [7, 11) is 0. The second-order valence-electron chi connectivity index (χ2n) is 5.65. The predicted octanol–water partition coefficient (Wildman–Crippen LogP) is 1.60. The van der Waals surface area contributed by atoms with Crippen molar-refractivity contribution in [1.82, 2.24) is 25.1 Å². The maximum atomic E-state index is 6.26. The van der Waals surface area contributed by atoms with Crippen molar-refractivity contribution < 1.29 is 0 Å². The smallest absolute Gasteiger partial charge is 0.152 e. The van der Waals surface area contributed by atoms with Gasteiger partial charge in [0.2, 0.25) is 0 Å². The number of fused-ring (bicyclic) bond motifs is 1. The average molecular weight is 305 g/mol. The number of hydrogen-bond donors (Lipinski definition) is 1. The Balaban J connectivity index is 1.53. The summed E-state index contributed by atoms with van der Waals surface area (Å²) in [4.78, 5) is 6.69. The summed E-state index contributed by atoms with van der Waals surface area (Å²) in [5, 5.41) is 12.3. The van der Waals surface area contributed by atoms with E-state index in [4.69, 9.17) is 11.6 Å². The van der Waals surface area contributed by atoms with E-state index in [2.05, 4.69) is 36.0 Å². The van der Waals surface area contributed by atoms with E-state index in [9.17, 15) is 0 Å². The third-order valence-electron chi connectivity index (χ3n) is 4.04. The van der Waals surface area contributed by atoms with Crippen molar-refractivity contribution in [2.24, 2.45) is 0 Å². The van der Waals surface area contributed by atoms with Gasteiger partial charge in [0.25, 0.3) is 0 Å². The van der Waals surface area contributed by atoms with Gasteiger partial charge in [-0.2, -0.15) is 0 Å². The molecule has 2 aromatic rings. The van der Waals surface area contributed by atoms with Gasteiger partial charge in [0.1, 0.15) is 12.1 Å². The summed E-state index contributed by atoms with van der Waals surface area (Å²) in [6, 6.07) is 2.76. The van der Waals surface area contributed by atoms with Gasteiger partial charge in [0.05, 0.1) is 11.6 Å². The monoisotopic (exact) mass is 304 g/mol. The van der Waals surface area contributed by atoms with Gasteiger partial charge in [-0.25, -0.2) is 4.98 Å². The molecule has 0 bridgehead atoms. The fourth-order valence-corrected chi connectivity index (χ4v) is 2.75. The minimum absolute atomic E-state index is 0.672. The Labute approximate surface area is 128 Å². The molecule has 21 heavy (non-hydrogen) atoms. The van der Waals surface area contributed by atoms with Crippen LogP contribution in [0, 0.1) is 0 Å². The quantitative estimate of drug-likeness (QED) is 0.930. The molecule has 4 rings (SSSR count). The minimum atomic E-state index is 0.672. The molecule has 7 heteroatoms. The van der Waals surface area contributed by atoms with Crippen molar-refractivity contribution in [2.45, 2.75) is 38.5 Å². The lowest BCUT2D eigenvalue weighted by molar-refractivity contribution is 0.556. The van der Waals surface area contributed by atoms with Gasteiger partial charge < -0.3 is 14.8 Å². The van der Waals surface area contributed by atoms with Crippen LogP contribution in [0.15, 0.2) is 18.6 Å². The van der Waals surface area contributed by atoms with E-state index in [0.717, 1.165) is 48.4 Å². The van der Waals surface area contributed by atoms with E-state index >= 15 is 0 Å². The third kappa shape index (κ3) is 2.73. The van der Waals surface area contributed by atoms with Crippen molar-refractivity contribution in [2.75, 3.05) is 11.4 Å². The Morgan fingerprint density at radius 1 is 1.33 bits per heavy atom. The lowest BCUT2D eigenvalue weighted by atomic mass is 10.2. The number of nitrogens with zero attached hydrogens (tertiary/aromatic N) is 5. The SMILES string of the molecule is Clc1cnc(N2CCn3cnnc3C2)cc1CNC1CC1. The fourth-order valence-electron chi connectivity index (χ4n) is 2.58. The molecule has 2 aliphatic rings. The first-order valence-corrected chi connectivity index (χ1v) is 7.67. The zero-order chi connectivity index (χ0) is 14.2. The second kappa shape index (κ2) is 5.27. The van der Waals surface area contributed by atoms with E-state index in [-0.39, 0.29) is 0 Å². The number of anilines is 1. The Hall–Kier alpha value is -1.66. The van der Waals surface area contributed by atoms with Gasteiger partial charge in [-0.1, -0.05) is 11.6 Å². The minimum Gasteiger partial charge on any atom is -0.347 e. The summed E-state index contributed by atoms with van der Waals surface area (Å²) < 4.78 is 2.09. The number of nitrogens with one attached hydrogen (secondary N) is 1. The van der Waals surface area contributed by atoms with Crippen molar-refractivity contribution in [1.29, 1.82) is 0 Å². The summed E-state index contributed by atoms with van der Waals surface area (Å²) in [5.74, 6) is 1.94. The molecule has 2 aromatic heterocycles. The van der Waals surface area contributed by atoms with E-state index in [1.54, 1.807) is 12.5 Å². The van der Waals surface area contributed by atoms with Gasteiger partial charge in [-0.05, 0) is 24.5 Å². The van der Waals surface area contributed by atoms with Crippen LogP contribution >= 0.6 is 11.6 Å². The Morgan fingerprint density at radius 2 is 2.24 bits per heavy atom. The molecule has 0 aromatic carbocycles. The highest BCUT2D eigenvalue weighted by atomic mass is 35.5. The topological polar surface area (TPSA) is 58.9 Å². The molecule has 110 valence electrons. The van der Waals surface area contributed by atoms with Crippen molar-refractivity contribution >= 4 is 17.4 Å². The first-order valence-electron chi connectivity index (χ1n) is 7.29. The van der Waals surface area contributed by atoms with Crippen LogP contribution in [0.3, 0.4) is 0 Å². The molecule has 1 N–H and O–H groups in total. The number of pyridine rings is 1. The first-order chi connectivity index (χ1) is 10.3. The standard InChI is InChI=1S/C14H17ClN6/c15-12-7-17-13(5-10(12)6-16-11-1-2-11)20-3-4-21-9-18-19-14(21)8-20/h5,7,9,11,16H,1-4,6,8H2. The van der Waals surface area contributed by atoms with Crippen LogP contribution in [0.4, 0.5) is 5.82 Å². The molecule has 0 unspecified atom stereocenters. The summed E-state index contributed by atoms with van der Waals surface area (Å²) in [6.07, 6.45) is 6.09. The maximum absolute atomic E-state index is 6.26. The number of hydrogen-bond acceptors (Lipinski definition) is 5. The summed E-state index contributed by atoms with van der Waals surface area (Å²) in [6.45, 7) is 3.35. The average Bonchev–Trinajstić information content (AvgIpc) is 3.21. The number of halogens is 1. The molecule has 1 saturated carbocycles. The van der Waals surface area contributed by atoms with Gasteiger partial charge in [-0.15, -0.1) is 10.2 Å². The number of rotatable bonds is 4. The molecule has 3 heterocycles. The van der Waals surface area contributed by atoms with Crippen molar-refractivity contribution in [3.05, 3.63) is 35.0 Å². The number of aromatic nitrogens is 4. The Morgan fingerprint density at radius 3 is 3.10 bits per heavy atom. The highest BCUT2D eigenvalue weighted by molar-refractivity contribution is 6.31. The highest BCUT2D eigenvalue weighted by Gasteiger charge is 2.22. The first kappa shape index (κ1) is 13.0. The molecule has 6 nitrogen and oxygen atoms in total. The molecule has 1 fully saturated rings. The molecule has 0 saturated heterocycles. The van der Waals surface area contributed by atoms with Crippen LogP contribution in [0.5, 0.6) is 0 Å². The zero-order valence-electron chi connectivity index (χ0n) is 11.7. The lowest BCUT2D eigenvalue weighted by Crippen LogP contribution is -2.34. The maximum Gasteiger partial charge on any atom is 0.152 e. The molecular formula is C14H17ClN6. The molecule has 1 aliphatic heterocycles. The van der Waals surface area contributed by atoms with E-state index in [1.807, 2.05) is 0 Å². The van der Waals surface area contributed by atoms with Crippen LogP contribution in [0.2, 0.25) is 5.02 Å². The van der Waals surface area contributed by atoms with Crippen molar-refractivity contribution in [3.63, 3.8) is 0 Å². The molecule has 0 spiro atoms. The molecule has 0 amide bonds. The van der Waals surface area contributed by atoms with Gasteiger partial charge >= 0.3 is 0 Å². The van der Waals surface area contributed by atoms with Crippen LogP contribution in [-0.4, -0.2) is 32.3 Å². The lowest BCUT2D eigenvalue weighted by Gasteiger charge is -2.28. The molecule has 1 aliphatic carbocycles. The molecule has 0 atom stereocenters. The zero-order valence-corrected chi connectivity index (χ0v) is 12.4. The fraction of sp³-hybridized carbons (Fsp3) is 0.500. The van der Waals surface area contributed by atoms with Gasteiger partial charge in [-0.3, -0.25) is 0 Å². The highest BCUT2D eigenvalue weighted by Crippen LogP contribution is 2.25. The molecule has 0 radical (unpaired) electrons. The third-order valence-corrected chi connectivity index (χ3v) is 4.38.